The Kier molecular flexibility index (Phi) is 3.99. The third-order valence-corrected chi connectivity index (χ3v) is 3.32. The number of hydrogen-bond donors (Lipinski definition) is 1. The zero-order valence-electron chi connectivity index (χ0n) is 11.4. The molecule has 0 spiro atoms. The monoisotopic (exact) mass is 338 g/mol. The van der Waals surface area contributed by atoms with Crippen LogP contribution in [-0.4, -0.2) is 37.0 Å². The summed E-state index contributed by atoms with van der Waals surface area (Å²) >= 11 is 3.37. The minimum atomic E-state index is -0.505. The van der Waals surface area contributed by atoms with E-state index in [0.29, 0.717) is 5.82 Å². The van der Waals surface area contributed by atoms with E-state index in [1.807, 2.05) is 24.3 Å². The quantitative estimate of drug-likeness (QED) is 0.867. The average Bonchev–Trinajstić information content (AvgIpc) is 2.77. The Labute approximate surface area is 125 Å². The van der Waals surface area contributed by atoms with Gasteiger partial charge in [-0.15, -0.1) is 5.10 Å². The van der Waals surface area contributed by atoms with Crippen LogP contribution >= 0.6 is 15.9 Å². The number of carbonyl (C=O) groups is 1. The second kappa shape index (κ2) is 5.54. The van der Waals surface area contributed by atoms with Gasteiger partial charge in [0.05, 0.1) is 12.8 Å². The highest BCUT2D eigenvalue weighted by Crippen LogP contribution is 2.27. The zero-order chi connectivity index (χ0) is 14.9. The summed E-state index contributed by atoms with van der Waals surface area (Å²) < 4.78 is 7.24. The Bertz CT molecular complexity index is 635. The molecule has 1 aromatic carbocycles. The Hall–Kier alpha value is -2.02. The molecule has 0 bridgehead atoms. The second-order valence-electron chi connectivity index (χ2n) is 4.36. The van der Waals surface area contributed by atoms with Gasteiger partial charge in [-0.2, -0.15) is 0 Å². The molecule has 0 saturated heterocycles. The molecular formula is C13H15BrN4O2. The molecule has 0 saturated carbocycles. The molecule has 0 aliphatic carbocycles. The zero-order valence-corrected chi connectivity index (χ0v) is 13.0. The van der Waals surface area contributed by atoms with Crippen LogP contribution in [0.15, 0.2) is 28.7 Å². The van der Waals surface area contributed by atoms with Crippen molar-refractivity contribution in [1.29, 1.82) is 0 Å². The van der Waals surface area contributed by atoms with Crippen LogP contribution in [0.1, 0.15) is 10.4 Å². The van der Waals surface area contributed by atoms with E-state index >= 15 is 0 Å². The van der Waals surface area contributed by atoms with Crippen molar-refractivity contribution in [2.75, 3.05) is 31.8 Å². The van der Waals surface area contributed by atoms with Crippen molar-refractivity contribution in [3.63, 3.8) is 0 Å². The summed E-state index contributed by atoms with van der Waals surface area (Å²) in [6.07, 6.45) is 0. The molecule has 0 amide bonds. The summed E-state index contributed by atoms with van der Waals surface area (Å²) in [5.74, 6) is 0.217. The van der Waals surface area contributed by atoms with Crippen LogP contribution in [0.3, 0.4) is 0 Å². The van der Waals surface area contributed by atoms with Crippen LogP contribution in [-0.2, 0) is 4.74 Å². The van der Waals surface area contributed by atoms with Crippen molar-refractivity contribution in [2.24, 2.45) is 0 Å². The number of aromatic nitrogens is 2. The van der Waals surface area contributed by atoms with Crippen LogP contribution in [0.5, 0.6) is 0 Å². The molecule has 0 unspecified atom stereocenters. The van der Waals surface area contributed by atoms with E-state index in [1.54, 1.807) is 19.0 Å². The highest BCUT2D eigenvalue weighted by molar-refractivity contribution is 9.10. The summed E-state index contributed by atoms with van der Waals surface area (Å²) in [7, 11) is 4.90. The first-order valence-corrected chi connectivity index (χ1v) is 6.65. The van der Waals surface area contributed by atoms with Gasteiger partial charge in [0.1, 0.15) is 11.4 Å². The fourth-order valence-corrected chi connectivity index (χ4v) is 2.07. The fraction of sp³-hybridized carbons (Fsp3) is 0.231. The van der Waals surface area contributed by atoms with Crippen LogP contribution in [0.4, 0.5) is 11.6 Å². The molecule has 2 rings (SSSR count). The van der Waals surface area contributed by atoms with E-state index in [9.17, 15) is 4.79 Å². The van der Waals surface area contributed by atoms with Crippen molar-refractivity contribution >= 4 is 33.5 Å². The van der Waals surface area contributed by atoms with Gasteiger partial charge in [-0.3, -0.25) is 0 Å². The molecule has 2 aromatic rings. The first-order chi connectivity index (χ1) is 9.45. The lowest BCUT2D eigenvalue weighted by Gasteiger charge is -2.09. The number of rotatable bonds is 3. The van der Waals surface area contributed by atoms with Gasteiger partial charge < -0.3 is 15.4 Å². The molecule has 20 heavy (non-hydrogen) atoms. The van der Waals surface area contributed by atoms with Crippen molar-refractivity contribution in [3.05, 3.63) is 34.3 Å². The van der Waals surface area contributed by atoms with E-state index in [1.165, 1.54) is 11.8 Å². The summed E-state index contributed by atoms with van der Waals surface area (Å²) in [6, 6.07) is 7.47. The molecule has 1 aromatic heterocycles. The summed E-state index contributed by atoms with van der Waals surface area (Å²) in [4.78, 5) is 13.6. The summed E-state index contributed by atoms with van der Waals surface area (Å²) in [6.45, 7) is 0. The number of ether oxygens (including phenoxy) is 1. The number of carbonyl (C=O) groups excluding carboxylic acids is 1. The van der Waals surface area contributed by atoms with Crippen LogP contribution in [0.25, 0.3) is 5.69 Å². The number of nitrogen functional groups attached to an aromatic ring is 1. The largest absolute Gasteiger partial charge is 0.465 e. The third-order valence-electron chi connectivity index (χ3n) is 2.79. The minimum Gasteiger partial charge on any atom is -0.465 e. The van der Waals surface area contributed by atoms with Crippen molar-refractivity contribution in [2.45, 2.75) is 0 Å². The van der Waals surface area contributed by atoms with E-state index in [2.05, 4.69) is 21.0 Å². The standard InChI is InChI=1S/C13H15BrN4O2/c1-17(2)12-10(13(19)20-3)11(15)18(16-12)9-6-4-8(14)5-7-9/h4-7H,15H2,1-3H3. The molecule has 0 fully saturated rings. The second-order valence-corrected chi connectivity index (χ2v) is 5.27. The van der Waals surface area contributed by atoms with Gasteiger partial charge in [0.15, 0.2) is 5.82 Å². The maximum absolute atomic E-state index is 11.9. The van der Waals surface area contributed by atoms with Gasteiger partial charge in [0.25, 0.3) is 0 Å². The van der Waals surface area contributed by atoms with Gasteiger partial charge in [-0.25, -0.2) is 9.48 Å². The number of nitrogens with zero attached hydrogens (tertiary/aromatic N) is 3. The average molecular weight is 339 g/mol. The van der Waals surface area contributed by atoms with Gasteiger partial charge >= 0.3 is 5.97 Å². The van der Waals surface area contributed by atoms with E-state index in [4.69, 9.17) is 10.5 Å². The number of esters is 1. The van der Waals surface area contributed by atoms with E-state index < -0.39 is 5.97 Å². The maximum atomic E-state index is 11.9. The molecule has 0 radical (unpaired) electrons. The summed E-state index contributed by atoms with van der Waals surface area (Å²) in [5, 5.41) is 4.38. The number of nitrogens with two attached hydrogens (primary N) is 1. The highest BCUT2D eigenvalue weighted by Gasteiger charge is 2.24. The predicted octanol–water partition coefficient (Wildman–Crippen LogP) is 2.07. The van der Waals surface area contributed by atoms with Gasteiger partial charge in [0, 0.05) is 18.6 Å². The molecule has 2 N–H and O–H groups in total. The first kappa shape index (κ1) is 14.4. The van der Waals surface area contributed by atoms with Crippen molar-refractivity contribution in [3.8, 4) is 5.69 Å². The lowest BCUT2D eigenvalue weighted by Crippen LogP contribution is -2.14. The van der Waals surface area contributed by atoms with Crippen LogP contribution in [0, 0.1) is 0 Å². The van der Waals surface area contributed by atoms with Crippen LogP contribution < -0.4 is 10.6 Å². The number of anilines is 2. The van der Waals surface area contributed by atoms with Gasteiger partial charge in [0.2, 0.25) is 0 Å². The number of halogens is 1. The molecular weight excluding hydrogens is 324 g/mol. The molecule has 0 aliphatic rings. The maximum Gasteiger partial charge on any atom is 0.345 e. The molecule has 7 heteroatoms. The molecule has 0 aliphatic heterocycles. The lowest BCUT2D eigenvalue weighted by molar-refractivity contribution is 0.0602. The minimum absolute atomic E-state index is 0.253. The van der Waals surface area contributed by atoms with Crippen LogP contribution in [0.2, 0.25) is 0 Å². The normalized spacial score (nSPS) is 10.4. The number of methoxy groups -OCH3 is 1. The Morgan fingerprint density at radius 1 is 1.35 bits per heavy atom. The predicted molar refractivity (Wildman–Crippen MR) is 81.3 cm³/mol. The smallest absolute Gasteiger partial charge is 0.345 e. The lowest BCUT2D eigenvalue weighted by atomic mass is 10.3. The van der Waals surface area contributed by atoms with E-state index in [0.717, 1.165) is 10.2 Å². The van der Waals surface area contributed by atoms with Crippen molar-refractivity contribution in [1.82, 2.24) is 9.78 Å². The number of hydrogen-bond acceptors (Lipinski definition) is 5. The third kappa shape index (κ3) is 2.49. The van der Waals surface area contributed by atoms with Gasteiger partial charge in [-0.1, -0.05) is 15.9 Å². The highest BCUT2D eigenvalue weighted by atomic mass is 79.9. The topological polar surface area (TPSA) is 73.4 Å². The van der Waals surface area contributed by atoms with E-state index in [-0.39, 0.29) is 11.4 Å². The SMILES string of the molecule is COC(=O)c1c(N(C)C)nn(-c2ccc(Br)cc2)c1N. The Morgan fingerprint density at radius 3 is 2.45 bits per heavy atom. The molecule has 0 atom stereocenters. The Balaban J connectivity index is 2.61. The first-order valence-electron chi connectivity index (χ1n) is 5.85. The fourth-order valence-electron chi connectivity index (χ4n) is 1.81. The van der Waals surface area contributed by atoms with Gasteiger partial charge in [-0.05, 0) is 24.3 Å². The molecule has 6 nitrogen and oxygen atoms in total. The molecule has 1 heterocycles. The summed E-state index contributed by atoms with van der Waals surface area (Å²) in [5.41, 5.74) is 7.08. The van der Waals surface area contributed by atoms with Crippen molar-refractivity contribution < 1.29 is 9.53 Å². The number of benzene rings is 1. The molecule has 106 valence electrons. The Morgan fingerprint density at radius 2 is 1.95 bits per heavy atom.